The van der Waals surface area contributed by atoms with Gasteiger partial charge in [-0.15, -0.1) is 0 Å². The number of hydrogen-bond acceptors (Lipinski definition) is 5. The fourth-order valence-electron chi connectivity index (χ4n) is 2.26. The van der Waals surface area contributed by atoms with Crippen LogP contribution in [0.4, 0.5) is 0 Å². The van der Waals surface area contributed by atoms with Gasteiger partial charge in [-0.05, 0) is 19.9 Å². The van der Waals surface area contributed by atoms with Gasteiger partial charge in [0.05, 0.1) is 31.3 Å². The smallest absolute Gasteiger partial charge is 0.348 e. The third-order valence-corrected chi connectivity index (χ3v) is 3.48. The SMILES string of the molecule is CCOC(=O)C(C#N)=Cc1cn(CCC#N)nc1-c1ccc(C)cc1. The van der Waals surface area contributed by atoms with E-state index in [-0.39, 0.29) is 12.2 Å². The van der Waals surface area contributed by atoms with Crippen molar-refractivity contribution < 1.29 is 9.53 Å². The van der Waals surface area contributed by atoms with E-state index in [0.717, 1.165) is 11.1 Å². The topological polar surface area (TPSA) is 91.7 Å². The number of hydrogen-bond donors (Lipinski definition) is 0. The number of carbonyl (C=O) groups excluding carboxylic acids is 1. The van der Waals surface area contributed by atoms with Crippen molar-refractivity contribution in [2.75, 3.05) is 6.61 Å². The maximum atomic E-state index is 11.9. The molecule has 0 aliphatic heterocycles. The lowest BCUT2D eigenvalue weighted by atomic mass is 10.0. The summed E-state index contributed by atoms with van der Waals surface area (Å²) in [4.78, 5) is 11.9. The van der Waals surface area contributed by atoms with Crippen molar-refractivity contribution in [2.24, 2.45) is 0 Å². The summed E-state index contributed by atoms with van der Waals surface area (Å²) in [6.07, 6.45) is 3.52. The van der Waals surface area contributed by atoms with E-state index in [9.17, 15) is 10.1 Å². The minimum absolute atomic E-state index is 0.0879. The molecule has 0 spiro atoms. The summed E-state index contributed by atoms with van der Waals surface area (Å²) in [6.45, 7) is 4.31. The molecular weight excluding hydrogens is 316 g/mol. The molecule has 0 atom stereocenters. The molecule has 0 saturated carbocycles. The third kappa shape index (κ3) is 4.55. The molecule has 0 aliphatic rings. The molecule has 126 valence electrons. The summed E-state index contributed by atoms with van der Waals surface area (Å²) in [5.74, 6) is -0.662. The quantitative estimate of drug-likeness (QED) is 0.459. The minimum atomic E-state index is -0.662. The predicted molar refractivity (Wildman–Crippen MR) is 92.9 cm³/mol. The van der Waals surface area contributed by atoms with E-state index in [4.69, 9.17) is 10.00 Å². The standard InChI is InChI=1S/C19H18N4O2/c1-3-25-19(24)16(12-21)11-17-13-23(10-4-9-20)22-18(17)15-7-5-14(2)6-8-15/h5-8,11,13H,3-4,10H2,1-2H3. The summed E-state index contributed by atoms with van der Waals surface area (Å²) in [5, 5.41) is 22.5. The lowest BCUT2D eigenvalue weighted by Crippen LogP contribution is -2.06. The fourth-order valence-corrected chi connectivity index (χ4v) is 2.26. The number of nitriles is 2. The van der Waals surface area contributed by atoms with Gasteiger partial charge >= 0.3 is 5.97 Å². The van der Waals surface area contributed by atoms with E-state index < -0.39 is 5.97 Å². The summed E-state index contributed by atoms with van der Waals surface area (Å²) < 4.78 is 6.54. The van der Waals surface area contributed by atoms with Crippen LogP contribution in [-0.4, -0.2) is 22.4 Å². The Bertz CT molecular complexity index is 864. The zero-order chi connectivity index (χ0) is 18.2. The van der Waals surface area contributed by atoms with Crippen molar-refractivity contribution in [3.8, 4) is 23.4 Å². The Hall–Kier alpha value is -3.38. The van der Waals surface area contributed by atoms with Crippen LogP contribution < -0.4 is 0 Å². The largest absolute Gasteiger partial charge is 0.462 e. The van der Waals surface area contributed by atoms with Gasteiger partial charge in [-0.3, -0.25) is 4.68 Å². The Balaban J connectivity index is 2.49. The summed E-state index contributed by atoms with van der Waals surface area (Å²) >= 11 is 0. The van der Waals surface area contributed by atoms with Crippen LogP contribution in [0.2, 0.25) is 0 Å². The zero-order valence-corrected chi connectivity index (χ0v) is 14.2. The molecule has 6 nitrogen and oxygen atoms in total. The Kier molecular flexibility index (Phi) is 6.08. The van der Waals surface area contributed by atoms with Crippen molar-refractivity contribution in [1.29, 1.82) is 10.5 Å². The van der Waals surface area contributed by atoms with E-state index >= 15 is 0 Å². The molecule has 2 aromatic rings. The van der Waals surface area contributed by atoms with Crippen molar-refractivity contribution in [1.82, 2.24) is 9.78 Å². The zero-order valence-electron chi connectivity index (χ0n) is 14.2. The average molecular weight is 334 g/mol. The van der Waals surface area contributed by atoms with Gasteiger partial charge in [0.1, 0.15) is 11.6 Å². The van der Waals surface area contributed by atoms with Gasteiger partial charge in [0.25, 0.3) is 0 Å². The van der Waals surface area contributed by atoms with Crippen LogP contribution in [0.5, 0.6) is 0 Å². The average Bonchev–Trinajstić information content (AvgIpc) is 3.01. The van der Waals surface area contributed by atoms with Crippen LogP contribution in [-0.2, 0) is 16.1 Å². The highest BCUT2D eigenvalue weighted by Crippen LogP contribution is 2.25. The van der Waals surface area contributed by atoms with Crippen LogP contribution in [0.25, 0.3) is 17.3 Å². The first-order chi connectivity index (χ1) is 12.1. The predicted octanol–water partition coefficient (Wildman–Crippen LogP) is 3.24. The number of benzene rings is 1. The van der Waals surface area contributed by atoms with Crippen LogP contribution >= 0.6 is 0 Å². The van der Waals surface area contributed by atoms with Crippen LogP contribution in [0.3, 0.4) is 0 Å². The normalized spacial score (nSPS) is 10.8. The third-order valence-electron chi connectivity index (χ3n) is 3.48. The number of ether oxygens (including phenoxy) is 1. The number of carbonyl (C=O) groups is 1. The molecule has 0 amide bonds. The second kappa shape index (κ2) is 8.47. The maximum absolute atomic E-state index is 11.9. The number of nitrogens with zero attached hydrogens (tertiary/aromatic N) is 4. The molecule has 0 bridgehead atoms. The second-order valence-electron chi connectivity index (χ2n) is 5.36. The lowest BCUT2D eigenvalue weighted by Gasteiger charge is -2.01. The highest BCUT2D eigenvalue weighted by atomic mass is 16.5. The van der Waals surface area contributed by atoms with E-state index in [1.165, 1.54) is 6.08 Å². The number of rotatable bonds is 6. The van der Waals surface area contributed by atoms with E-state index in [0.29, 0.717) is 24.2 Å². The molecule has 0 fully saturated rings. The first-order valence-corrected chi connectivity index (χ1v) is 7.89. The molecule has 0 aliphatic carbocycles. The molecule has 1 heterocycles. The maximum Gasteiger partial charge on any atom is 0.348 e. The molecule has 0 N–H and O–H groups in total. The highest BCUT2D eigenvalue weighted by molar-refractivity contribution is 5.98. The Morgan fingerprint density at radius 2 is 2.04 bits per heavy atom. The van der Waals surface area contributed by atoms with E-state index in [1.807, 2.05) is 37.3 Å². The molecule has 2 rings (SSSR count). The van der Waals surface area contributed by atoms with Gasteiger partial charge in [-0.25, -0.2) is 4.79 Å². The molecule has 0 saturated heterocycles. The molecular formula is C19H18N4O2. The van der Waals surface area contributed by atoms with Gasteiger partial charge in [0.15, 0.2) is 0 Å². The van der Waals surface area contributed by atoms with Crippen LogP contribution in [0.1, 0.15) is 24.5 Å². The van der Waals surface area contributed by atoms with Gasteiger partial charge in [0, 0.05) is 17.3 Å². The Morgan fingerprint density at radius 3 is 2.64 bits per heavy atom. The fraction of sp³-hybridized carbons (Fsp3) is 0.263. The monoisotopic (exact) mass is 334 g/mol. The van der Waals surface area contributed by atoms with E-state index in [2.05, 4.69) is 11.2 Å². The summed E-state index contributed by atoms with van der Waals surface area (Å²) in [6, 6.07) is 11.7. The molecule has 1 aromatic carbocycles. The molecule has 0 radical (unpaired) electrons. The second-order valence-corrected chi connectivity index (χ2v) is 5.36. The van der Waals surface area contributed by atoms with Gasteiger partial charge in [0.2, 0.25) is 0 Å². The Morgan fingerprint density at radius 1 is 1.32 bits per heavy atom. The van der Waals surface area contributed by atoms with Crippen molar-refractivity contribution in [3.63, 3.8) is 0 Å². The van der Waals surface area contributed by atoms with Crippen LogP contribution in [0.15, 0.2) is 36.0 Å². The van der Waals surface area contributed by atoms with Crippen molar-refractivity contribution >= 4 is 12.0 Å². The summed E-state index contributed by atoms with van der Waals surface area (Å²) in [5.41, 5.74) is 3.18. The van der Waals surface area contributed by atoms with Gasteiger partial charge in [-0.1, -0.05) is 29.8 Å². The van der Waals surface area contributed by atoms with Crippen molar-refractivity contribution in [3.05, 3.63) is 47.2 Å². The molecule has 6 heteroatoms. The highest BCUT2D eigenvalue weighted by Gasteiger charge is 2.15. The minimum Gasteiger partial charge on any atom is -0.462 e. The number of aryl methyl sites for hydroxylation is 2. The molecule has 0 unspecified atom stereocenters. The summed E-state index contributed by atoms with van der Waals surface area (Å²) in [7, 11) is 0. The van der Waals surface area contributed by atoms with E-state index in [1.54, 1.807) is 17.8 Å². The molecule has 1 aromatic heterocycles. The molecule has 25 heavy (non-hydrogen) atoms. The number of esters is 1. The van der Waals surface area contributed by atoms with Gasteiger partial charge in [-0.2, -0.15) is 15.6 Å². The first-order valence-electron chi connectivity index (χ1n) is 7.89. The van der Waals surface area contributed by atoms with Crippen molar-refractivity contribution in [2.45, 2.75) is 26.8 Å². The lowest BCUT2D eigenvalue weighted by molar-refractivity contribution is -0.137. The Labute approximate surface area is 146 Å². The van der Waals surface area contributed by atoms with Crippen LogP contribution in [0, 0.1) is 29.6 Å². The number of aromatic nitrogens is 2. The first kappa shape index (κ1) is 18.0. The van der Waals surface area contributed by atoms with Gasteiger partial charge < -0.3 is 4.74 Å².